The van der Waals surface area contributed by atoms with E-state index in [4.69, 9.17) is 14.0 Å². The molecule has 2 aliphatic rings. The van der Waals surface area contributed by atoms with Crippen molar-refractivity contribution >= 4 is 30.6 Å². The van der Waals surface area contributed by atoms with Gasteiger partial charge >= 0.3 is 19.2 Å². The number of alkyl carbamates (subject to hydrolysis) is 1. The summed E-state index contributed by atoms with van der Waals surface area (Å²) in [7, 11) is -0.863. The van der Waals surface area contributed by atoms with Crippen molar-refractivity contribution in [1.29, 1.82) is 0 Å². The molecule has 10 nitrogen and oxygen atoms in total. The summed E-state index contributed by atoms with van der Waals surface area (Å²) in [5.74, 6) is -2.30. The number of hydrogen-bond acceptors (Lipinski definition) is 7. The van der Waals surface area contributed by atoms with Crippen LogP contribution in [0.5, 0.6) is 0 Å². The van der Waals surface area contributed by atoms with E-state index in [0.29, 0.717) is 24.8 Å². The van der Waals surface area contributed by atoms with Crippen LogP contribution in [-0.2, 0) is 23.6 Å². The number of aliphatic carboxylic acids is 1. The number of nitrogens with zero attached hydrogens (tertiary/aromatic N) is 1. The molecule has 2 aliphatic heterocycles. The highest BCUT2D eigenvalue weighted by molar-refractivity contribution is 6.62. The standard InChI is InChI=1S/C25H37BFN3O7/c1-23(2,3)35-22(34)29-18(14-20(31)30-19(21(32)33)9-8-10-28-30)15-11-16(13-17(27)12-15)26-36-24(4,5)25(6,7)37-26/h11-13,18-19,28H,8-10,14H2,1-7H3,(H,29,34)(H,32,33). The number of benzene rings is 1. The van der Waals surface area contributed by atoms with E-state index < -0.39 is 59.8 Å². The van der Waals surface area contributed by atoms with E-state index in [9.17, 15) is 23.9 Å². The molecule has 2 heterocycles. The lowest BCUT2D eigenvalue weighted by Gasteiger charge is -2.34. The predicted octanol–water partition coefficient (Wildman–Crippen LogP) is 2.66. The van der Waals surface area contributed by atoms with Gasteiger partial charge in [-0.2, -0.15) is 0 Å². The lowest BCUT2D eigenvalue weighted by molar-refractivity contribution is -0.155. The Labute approximate surface area is 217 Å². The number of hydrazine groups is 1. The molecule has 37 heavy (non-hydrogen) atoms. The van der Waals surface area contributed by atoms with Crippen molar-refractivity contribution in [2.45, 2.75) is 96.6 Å². The first-order valence-electron chi connectivity index (χ1n) is 12.4. The zero-order valence-corrected chi connectivity index (χ0v) is 22.5. The SMILES string of the molecule is CC(C)(C)OC(=O)NC(CC(=O)N1NCCCC1C(=O)O)c1cc(F)cc(B2OC(C)(C)C(C)(C)O2)c1. The molecule has 0 radical (unpaired) electrons. The normalized spacial score (nSPS) is 21.9. The maximum Gasteiger partial charge on any atom is 0.494 e. The van der Waals surface area contributed by atoms with E-state index in [-0.39, 0.29) is 12.0 Å². The summed E-state index contributed by atoms with van der Waals surface area (Å²) in [4.78, 5) is 37.6. The zero-order valence-electron chi connectivity index (χ0n) is 22.5. The van der Waals surface area contributed by atoms with Gasteiger partial charge in [0.1, 0.15) is 17.5 Å². The van der Waals surface area contributed by atoms with Crippen LogP contribution in [0.15, 0.2) is 18.2 Å². The summed E-state index contributed by atoms with van der Waals surface area (Å²) < 4.78 is 32.3. The average molecular weight is 521 g/mol. The van der Waals surface area contributed by atoms with Crippen molar-refractivity contribution in [3.8, 4) is 0 Å². The summed E-state index contributed by atoms with van der Waals surface area (Å²) in [6.45, 7) is 13.0. The van der Waals surface area contributed by atoms with Gasteiger partial charge in [0.05, 0.1) is 23.7 Å². The summed E-state index contributed by atoms with van der Waals surface area (Å²) in [6, 6.07) is 2.04. The highest BCUT2D eigenvalue weighted by Crippen LogP contribution is 2.36. The number of rotatable bonds is 6. The fourth-order valence-corrected chi connectivity index (χ4v) is 4.16. The molecule has 1 aromatic rings. The monoisotopic (exact) mass is 521 g/mol. The van der Waals surface area contributed by atoms with Gasteiger partial charge in [-0.25, -0.2) is 19.4 Å². The summed E-state index contributed by atoms with van der Waals surface area (Å²) >= 11 is 0. The van der Waals surface area contributed by atoms with Crippen LogP contribution in [0.2, 0.25) is 0 Å². The lowest BCUT2D eigenvalue weighted by atomic mass is 9.77. The zero-order chi connectivity index (χ0) is 27.8. The van der Waals surface area contributed by atoms with Gasteiger partial charge in [-0.15, -0.1) is 0 Å². The largest absolute Gasteiger partial charge is 0.494 e. The lowest BCUT2D eigenvalue weighted by Crippen LogP contribution is -2.56. The van der Waals surface area contributed by atoms with Gasteiger partial charge in [-0.3, -0.25) is 9.80 Å². The Bertz CT molecular complexity index is 1030. The van der Waals surface area contributed by atoms with Crippen LogP contribution in [0.4, 0.5) is 9.18 Å². The highest BCUT2D eigenvalue weighted by atomic mass is 19.1. The molecule has 2 fully saturated rings. The summed E-state index contributed by atoms with van der Waals surface area (Å²) in [5, 5.41) is 13.3. The Balaban J connectivity index is 1.92. The van der Waals surface area contributed by atoms with Crippen LogP contribution in [-0.4, -0.2) is 64.6 Å². The molecule has 2 saturated heterocycles. The molecule has 0 aromatic heterocycles. The number of carbonyl (C=O) groups is 3. The van der Waals surface area contributed by atoms with Gasteiger partial charge in [0.15, 0.2) is 0 Å². The summed E-state index contributed by atoms with van der Waals surface area (Å²) in [6.07, 6.45) is -0.234. The number of amides is 2. The van der Waals surface area contributed by atoms with Crippen LogP contribution in [0, 0.1) is 5.82 Å². The number of nitrogens with one attached hydrogen (secondary N) is 2. The minimum absolute atomic E-state index is 0.285. The number of ether oxygens (including phenoxy) is 1. The van der Waals surface area contributed by atoms with E-state index in [1.54, 1.807) is 26.8 Å². The second-order valence-electron chi connectivity index (χ2n) is 11.5. The third kappa shape index (κ3) is 7.00. The topological polar surface area (TPSA) is 126 Å². The summed E-state index contributed by atoms with van der Waals surface area (Å²) in [5.41, 5.74) is 1.39. The molecule has 0 spiro atoms. The van der Waals surface area contributed by atoms with Gasteiger partial charge in [0, 0.05) is 6.54 Å². The molecular formula is C25H37BFN3O7. The molecular weight excluding hydrogens is 484 g/mol. The minimum atomic E-state index is -1.13. The molecule has 3 N–H and O–H groups in total. The average Bonchev–Trinajstić information content (AvgIpc) is 2.98. The Morgan fingerprint density at radius 1 is 1.22 bits per heavy atom. The van der Waals surface area contributed by atoms with Gasteiger partial charge in [-0.1, -0.05) is 6.07 Å². The van der Waals surface area contributed by atoms with E-state index in [1.807, 2.05) is 27.7 Å². The van der Waals surface area contributed by atoms with Crippen LogP contribution in [0.25, 0.3) is 0 Å². The van der Waals surface area contributed by atoms with Crippen LogP contribution < -0.4 is 16.2 Å². The van der Waals surface area contributed by atoms with Crippen molar-refractivity contribution in [3.63, 3.8) is 0 Å². The Morgan fingerprint density at radius 3 is 2.41 bits per heavy atom. The third-order valence-electron chi connectivity index (χ3n) is 6.74. The van der Waals surface area contributed by atoms with Crippen molar-refractivity contribution < 1.29 is 37.9 Å². The molecule has 2 atom stereocenters. The Kier molecular flexibility index (Phi) is 8.26. The molecule has 2 unspecified atom stereocenters. The first-order chi connectivity index (χ1) is 17.0. The third-order valence-corrected chi connectivity index (χ3v) is 6.74. The smallest absolute Gasteiger partial charge is 0.480 e. The van der Waals surface area contributed by atoms with Crippen molar-refractivity contribution in [2.75, 3.05) is 6.54 Å². The van der Waals surface area contributed by atoms with Crippen LogP contribution >= 0.6 is 0 Å². The maximum atomic E-state index is 14.9. The molecule has 12 heteroatoms. The minimum Gasteiger partial charge on any atom is -0.480 e. The number of carboxylic acids is 1. The first-order valence-corrected chi connectivity index (χ1v) is 12.4. The predicted molar refractivity (Wildman–Crippen MR) is 134 cm³/mol. The molecule has 3 rings (SSSR count). The van der Waals surface area contributed by atoms with Gasteiger partial charge in [0.25, 0.3) is 0 Å². The molecule has 0 bridgehead atoms. The quantitative estimate of drug-likeness (QED) is 0.488. The fraction of sp³-hybridized carbons (Fsp3) is 0.640. The van der Waals surface area contributed by atoms with E-state index in [1.165, 1.54) is 12.1 Å². The van der Waals surface area contributed by atoms with E-state index >= 15 is 0 Å². The van der Waals surface area contributed by atoms with Crippen LogP contribution in [0.3, 0.4) is 0 Å². The van der Waals surface area contributed by atoms with Crippen molar-refractivity contribution in [3.05, 3.63) is 29.6 Å². The Hall–Kier alpha value is -2.70. The maximum absolute atomic E-state index is 14.9. The van der Waals surface area contributed by atoms with Crippen molar-refractivity contribution in [1.82, 2.24) is 15.8 Å². The second kappa shape index (κ2) is 10.6. The van der Waals surface area contributed by atoms with Crippen LogP contribution in [0.1, 0.15) is 79.3 Å². The number of halogens is 1. The Morgan fingerprint density at radius 2 is 1.84 bits per heavy atom. The molecule has 2 amide bonds. The van der Waals surface area contributed by atoms with Gasteiger partial charge < -0.3 is 24.5 Å². The number of hydrogen-bond donors (Lipinski definition) is 3. The van der Waals surface area contributed by atoms with Gasteiger partial charge in [0.2, 0.25) is 5.91 Å². The second-order valence-corrected chi connectivity index (χ2v) is 11.5. The first kappa shape index (κ1) is 28.9. The molecule has 1 aromatic carbocycles. The van der Waals surface area contributed by atoms with Gasteiger partial charge in [-0.05, 0) is 84.5 Å². The molecule has 204 valence electrons. The molecule has 0 aliphatic carbocycles. The number of carbonyl (C=O) groups excluding carboxylic acids is 2. The number of carboxylic acid groups (broad SMARTS) is 1. The fourth-order valence-electron chi connectivity index (χ4n) is 4.16. The van der Waals surface area contributed by atoms with Crippen molar-refractivity contribution in [2.24, 2.45) is 0 Å². The van der Waals surface area contributed by atoms with E-state index in [0.717, 1.165) is 5.01 Å². The molecule has 0 saturated carbocycles. The highest BCUT2D eigenvalue weighted by Gasteiger charge is 2.52. The van der Waals surface area contributed by atoms with E-state index in [2.05, 4.69) is 10.7 Å².